The molecule has 3 nitrogen and oxygen atoms in total. The fourth-order valence-corrected chi connectivity index (χ4v) is 0.544. The molecular formula is C7H12O3. The Balaban J connectivity index is 3.56. The van der Waals surface area contributed by atoms with Gasteiger partial charge in [-0.2, -0.15) is 0 Å². The molecule has 0 aromatic heterocycles. The monoisotopic (exact) mass is 144 g/mol. The van der Waals surface area contributed by atoms with Crippen molar-refractivity contribution in [3.8, 4) is 0 Å². The van der Waals surface area contributed by atoms with E-state index < -0.39 is 6.16 Å². The maximum atomic E-state index is 9.89. The number of hydrogen-bond acceptors (Lipinski definition) is 2. The third kappa shape index (κ3) is 3.95. The van der Waals surface area contributed by atoms with Crippen molar-refractivity contribution in [3.05, 3.63) is 11.6 Å². The summed E-state index contributed by atoms with van der Waals surface area (Å²) in [6.07, 6.45) is 1.49. The number of carboxylic acid groups (broad SMARTS) is 1. The second-order valence-electron chi connectivity index (χ2n) is 1.86. The third-order valence-electron chi connectivity index (χ3n) is 1.24. The Labute approximate surface area is 60.3 Å². The highest BCUT2D eigenvalue weighted by Crippen LogP contribution is 1.99. The average Bonchev–Trinajstić information content (AvgIpc) is 1.90. The smallest absolute Gasteiger partial charge is 0.450 e. The predicted molar refractivity (Wildman–Crippen MR) is 38.0 cm³/mol. The Bertz CT molecular complexity index is 138. The largest absolute Gasteiger partial charge is 0.506 e. The predicted octanol–water partition coefficient (Wildman–Crippen LogP) is 2.04. The van der Waals surface area contributed by atoms with Crippen molar-refractivity contribution in [1.29, 1.82) is 0 Å². The molecule has 0 atom stereocenters. The number of hydrogen-bond donors (Lipinski definition) is 1. The van der Waals surface area contributed by atoms with Gasteiger partial charge in [-0.3, -0.25) is 0 Å². The summed E-state index contributed by atoms with van der Waals surface area (Å²) in [7, 11) is 0. The van der Waals surface area contributed by atoms with Gasteiger partial charge in [-0.1, -0.05) is 13.0 Å². The van der Waals surface area contributed by atoms with Crippen molar-refractivity contribution < 1.29 is 14.6 Å². The average molecular weight is 144 g/mol. The van der Waals surface area contributed by atoms with Crippen LogP contribution in [-0.4, -0.2) is 17.9 Å². The lowest BCUT2D eigenvalue weighted by Gasteiger charge is -2.01. The molecule has 0 unspecified atom stereocenters. The number of ether oxygens (including phenoxy) is 1. The summed E-state index contributed by atoms with van der Waals surface area (Å²) in [6, 6.07) is 0. The zero-order valence-electron chi connectivity index (χ0n) is 6.26. The lowest BCUT2D eigenvalue weighted by atomic mass is 10.2. The summed E-state index contributed by atoms with van der Waals surface area (Å²) >= 11 is 0. The molecule has 10 heavy (non-hydrogen) atoms. The molecule has 0 rings (SSSR count). The normalized spacial score (nSPS) is 11.2. The fraction of sp³-hybridized carbons (Fsp3) is 0.571. The molecule has 0 saturated carbocycles. The van der Waals surface area contributed by atoms with Crippen molar-refractivity contribution in [2.45, 2.75) is 20.3 Å². The molecule has 0 bridgehead atoms. The maximum Gasteiger partial charge on any atom is 0.506 e. The molecule has 0 aliphatic rings. The van der Waals surface area contributed by atoms with E-state index in [2.05, 4.69) is 4.74 Å². The summed E-state index contributed by atoms with van der Waals surface area (Å²) in [6.45, 7) is 4.02. The van der Waals surface area contributed by atoms with Gasteiger partial charge in [0.1, 0.15) is 6.61 Å². The van der Waals surface area contributed by atoms with Gasteiger partial charge >= 0.3 is 6.16 Å². The molecule has 0 aliphatic heterocycles. The van der Waals surface area contributed by atoms with Gasteiger partial charge in [0, 0.05) is 0 Å². The Morgan fingerprint density at radius 3 is 2.60 bits per heavy atom. The van der Waals surface area contributed by atoms with E-state index in [-0.39, 0.29) is 6.61 Å². The van der Waals surface area contributed by atoms with E-state index >= 15 is 0 Å². The van der Waals surface area contributed by atoms with Crippen LogP contribution in [0.2, 0.25) is 0 Å². The van der Waals surface area contributed by atoms with E-state index in [1.165, 1.54) is 0 Å². The van der Waals surface area contributed by atoms with Crippen molar-refractivity contribution in [2.75, 3.05) is 6.61 Å². The summed E-state index contributed by atoms with van der Waals surface area (Å²) in [4.78, 5) is 9.89. The van der Waals surface area contributed by atoms with Crippen LogP contribution in [0.25, 0.3) is 0 Å². The molecule has 0 radical (unpaired) electrons. The molecule has 0 spiro atoms. The minimum atomic E-state index is -1.22. The molecule has 0 aromatic carbocycles. The Morgan fingerprint density at radius 2 is 2.30 bits per heavy atom. The van der Waals surface area contributed by atoms with Gasteiger partial charge in [-0.25, -0.2) is 4.79 Å². The fourth-order valence-electron chi connectivity index (χ4n) is 0.544. The maximum absolute atomic E-state index is 9.89. The Hall–Kier alpha value is -0.990. The van der Waals surface area contributed by atoms with Crippen LogP contribution in [0.4, 0.5) is 4.79 Å². The first kappa shape index (κ1) is 9.01. The zero-order valence-corrected chi connectivity index (χ0v) is 6.26. The molecule has 3 heteroatoms. The SMILES string of the molecule is C/C=C(\CC)COC(=O)O. The summed E-state index contributed by atoms with van der Waals surface area (Å²) in [5.41, 5.74) is 1.00. The van der Waals surface area contributed by atoms with Crippen LogP contribution >= 0.6 is 0 Å². The van der Waals surface area contributed by atoms with Crippen LogP contribution in [0.5, 0.6) is 0 Å². The van der Waals surface area contributed by atoms with Gasteiger partial charge in [0.25, 0.3) is 0 Å². The van der Waals surface area contributed by atoms with Crippen molar-refractivity contribution in [2.24, 2.45) is 0 Å². The highest BCUT2D eigenvalue weighted by atomic mass is 16.7. The molecule has 1 N–H and O–H groups in total. The minimum absolute atomic E-state index is 0.197. The second kappa shape index (κ2) is 4.85. The van der Waals surface area contributed by atoms with E-state index in [0.29, 0.717) is 0 Å². The quantitative estimate of drug-likeness (QED) is 0.487. The molecule has 0 aromatic rings. The highest BCUT2D eigenvalue weighted by molar-refractivity contribution is 5.57. The molecule has 0 heterocycles. The first-order valence-electron chi connectivity index (χ1n) is 3.20. The summed E-state index contributed by atoms with van der Waals surface area (Å²) < 4.78 is 4.33. The van der Waals surface area contributed by atoms with Crippen LogP contribution in [0, 0.1) is 0 Å². The third-order valence-corrected chi connectivity index (χ3v) is 1.24. The Kier molecular flexibility index (Phi) is 4.37. The summed E-state index contributed by atoms with van der Waals surface area (Å²) in [5, 5.41) is 8.10. The first-order valence-corrected chi connectivity index (χ1v) is 3.20. The number of rotatable bonds is 3. The molecule has 0 amide bonds. The second-order valence-corrected chi connectivity index (χ2v) is 1.86. The topological polar surface area (TPSA) is 46.5 Å². The van der Waals surface area contributed by atoms with Crippen LogP contribution in [0.1, 0.15) is 20.3 Å². The lowest BCUT2D eigenvalue weighted by Crippen LogP contribution is -2.03. The van der Waals surface area contributed by atoms with E-state index in [9.17, 15) is 4.79 Å². The van der Waals surface area contributed by atoms with Gasteiger partial charge in [0.15, 0.2) is 0 Å². The van der Waals surface area contributed by atoms with Crippen LogP contribution in [0.15, 0.2) is 11.6 Å². The zero-order chi connectivity index (χ0) is 7.98. The molecular weight excluding hydrogens is 132 g/mol. The van der Waals surface area contributed by atoms with Crippen LogP contribution in [-0.2, 0) is 4.74 Å². The molecule has 0 saturated heterocycles. The van der Waals surface area contributed by atoms with Crippen LogP contribution in [0.3, 0.4) is 0 Å². The van der Waals surface area contributed by atoms with E-state index in [1.54, 1.807) is 0 Å². The van der Waals surface area contributed by atoms with Crippen LogP contribution < -0.4 is 0 Å². The molecule has 58 valence electrons. The highest BCUT2D eigenvalue weighted by Gasteiger charge is 1.97. The van der Waals surface area contributed by atoms with Gasteiger partial charge < -0.3 is 9.84 Å². The number of carbonyl (C=O) groups is 1. The minimum Gasteiger partial charge on any atom is -0.450 e. The van der Waals surface area contributed by atoms with E-state index in [1.807, 2.05) is 19.9 Å². The van der Waals surface area contributed by atoms with Crippen molar-refractivity contribution in [1.82, 2.24) is 0 Å². The van der Waals surface area contributed by atoms with E-state index in [4.69, 9.17) is 5.11 Å². The Morgan fingerprint density at radius 1 is 1.70 bits per heavy atom. The molecule has 0 aliphatic carbocycles. The van der Waals surface area contributed by atoms with Gasteiger partial charge in [0.05, 0.1) is 0 Å². The molecule has 0 fully saturated rings. The van der Waals surface area contributed by atoms with Gasteiger partial charge in [-0.15, -0.1) is 0 Å². The number of allylic oxidation sites excluding steroid dienone is 1. The lowest BCUT2D eigenvalue weighted by molar-refractivity contribution is 0.0991. The van der Waals surface area contributed by atoms with Crippen molar-refractivity contribution >= 4 is 6.16 Å². The van der Waals surface area contributed by atoms with Gasteiger partial charge in [0.2, 0.25) is 0 Å². The summed E-state index contributed by atoms with van der Waals surface area (Å²) in [5.74, 6) is 0. The van der Waals surface area contributed by atoms with Crippen molar-refractivity contribution in [3.63, 3.8) is 0 Å². The van der Waals surface area contributed by atoms with Gasteiger partial charge in [-0.05, 0) is 18.9 Å². The first-order chi connectivity index (χ1) is 4.70. The van der Waals surface area contributed by atoms with E-state index in [0.717, 1.165) is 12.0 Å². The standard InChI is InChI=1S/C7H12O3/c1-3-6(4-2)5-10-7(8)9/h3H,4-5H2,1-2H3,(H,8,9)/b6-3+.